The van der Waals surface area contributed by atoms with E-state index in [-0.39, 0.29) is 47.4 Å². The van der Waals surface area contributed by atoms with Crippen LogP contribution in [0.15, 0.2) is 0 Å². The van der Waals surface area contributed by atoms with Gasteiger partial charge in [0, 0.05) is 39.9 Å². The first-order chi connectivity index (χ1) is 3.00. The van der Waals surface area contributed by atoms with Crippen LogP contribution >= 0.6 is 0 Å². The molecule has 1 heteroatoms. The van der Waals surface area contributed by atoms with E-state index in [1.54, 1.807) is 0 Å². The van der Waals surface area contributed by atoms with Crippen LogP contribution in [0.4, 0.5) is 0 Å². The third-order valence-corrected chi connectivity index (χ3v) is 0. The average Bonchev–Trinajstić information content (AvgIpc) is 1.81. The summed E-state index contributed by atoms with van der Waals surface area (Å²) in [7, 11) is 0. The fraction of sp³-hybridized carbons (Fsp3) is 1.00. The van der Waals surface area contributed by atoms with Crippen molar-refractivity contribution >= 4 is 0 Å². The van der Waals surface area contributed by atoms with Gasteiger partial charge < -0.3 is 0 Å². The quantitative estimate of drug-likeness (QED) is 0.625. The van der Waals surface area contributed by atoms with E-state index < -0.39 is 0 Å². The van der Waals surface area contributed by atoms with Crippen LogP contribution in [0.25, 0.3) is 0 Å². The van der Waals surface area contributed by atoms with Crippen molar-refractivity contribution in [3.63, 3.8) is 0 Å². The molecule has 0 aromatic heterocycles. The molecule has 0 nitrogen and oxygen atoms in total. The van der Waals surface area contributed by atoms with E-state index in [1.807, 2.05) is 41.5 Å². The summed E-state index contributed by atoms with van der Waals surface area (Å²) in [6.07, 6.45) is 0. The van der Waals surface area contributed by atoms with E-state index >= 15 is 0 Å². The summed E-state index contributed by atoms with van der Waals surface area (Å²) in [4.78, 5) is 0. The predicted molar refractivity (Wildman–Crippen MR) is 40.8 cm³/mol. The van der Waals surface area contributed by atoms with Crippen molar-refractivity contribution in [2.24, 2.45) is 0 Å². The van der Waals surface area contributed by atoms with Gasteiger partial charge in [0.25, 0.3) is 0 Å². The van der Waals surface area contributed by atoms with Gasteiger partial charge in [0.05, 0.1) is 0 Å². The standard InChI is InChI=1S/3C2H6.CH4.Gd/c3*1-2;;/h3*1-2H3;1H4;. The molecule has 0 spiro atoms. The van der Waals surface area contributed by atoms with Crippen molar-refractivity contribution in [1.29, 1.82) is 0 Å². The van der Waals surface area contributed by atoms with E-state index in [9.17, 15) is 0 Å². The van der Waals surface area contributed by atoms with Gasteiger partial charge in [-0.05, 0) is 0 Å². The van der Waals surface area contributed by atoms with Crippen LogP contribution in [0, 0.1) is 39.9 Å². The Labute approximate surface area is 88.1 Å². The molecule has 0 amide bonds. The molecule has 0 saturated heterocycles. The van der Waals surface area contributed by atoms with Crippen molar-refractivity contribution in [2.75, 3.05) is 0 Å². The summed E-state index contributed by atoms with van der Waals surface area (Å²) in [5.74, 6) is 0. The van der Waals surface area contributed by atoms with Crippen LogP contribution in [-0.2, 0) is 0 Å². The van der Waals surface area contributed by atoms with Gasteiger partial charge in [-0.2, -0.15) is 0 Å². The molecule has 0 saturated carbocycles. The normalized spacial score (nSPS) is 2.25. The van der Waals surface area contributed by atoms with Crippen molar-refractivity contribution in [1.82, 2.24) is 0 Å². The first-order valence-electron chi connectivity index (χ1n) is 3.00. The zero-order chi connectivity index (χ0) is 6.00. The molecule has 0 radical (unpaired) electrons. The molecule has 0 unspecified atom stereocenters. The second-order valence-corrected chi connectivity index (χ2v) is 0. The third-order valence-electron chi connectivity index (χ3n) is 0. The van der Waals surface area contributed by atoms with E-state index in [0.717, 1.165) is 0 Å². The third kappa shape index (κ3) is 167. The molecule has 0 aliphatic heterocycles. The zero-order valence-electron chi connectivity index (χ0n) is 6.35. The second kappa shape index (κ2) is 255. The molecule has 0 fully saturated rings. The number of hydrogen-bond acceptors (Lipinski definition) is 0. The van der Waals surface area contributed by atoms with Crippen LogP contribution in [0.2, 0.25) is 0 Å². The number of rotatable bonds is 0. The van der Waals surface area contributed by atoms with Gasteiger partial charge in [-0.25, -0.2) is 0 Å². The topological polar surface area (TPSA) is 0 Å². The monoisotopic (exact) mass is 264 g/mol. The minimum Gasteiger partial charge on any atom is -0.0776 e. The molecule has 0 aliphatic carbocycles. The smallest absolute Gasteiger partial charge is 0 e. The van der Waals surface area contributed by atoms with Crippen molar-refractivity contribution in [3.8, 4) is 0 Å². The molecule has 0 aliphatic rings. The van der Waals surface area contributed by atoms with Crippen molar-refractivity contribution in [2.45, 2.75) is 49.0 Å². The number of hydrogen-bond donors (Lipinski definition) is 0. The maximum Gasteiger partial charge on any atom is 0 e. The molecule has 0 bridgehead atoms. The van der Waals surface area contributed by atoms with E-state index in [1.165, 1.54) is 0 Å². The Hall–Kier alpha value is 1.32. The zero-order valence-corrected chi connectivity index (χ0v) is 8.62. The average molecular weight is 264 g/mol. The van der Waals surface area contributed by atoms with Gasteiger partial charge in [-0.1, -0.05) is 49.0 Å². The Balaban J connectivity index is -0.00000000500. The van der Waals surface area contributed by atoms with E-state index in [0.29, 0.717) is 0 Å². The second-order valence-electron chi connectivity index (χ2n) is 0. The summed E-state index contributed by atoms with van der Waals surface area (Å²) in [5.41, 5.74) is 0. The van der Waals surface area contributed by atoms with Gasteiger partial charge in [-0.3, -0.25) is 0 Å². The fourth-order valence-electron chi connectivity index (χ4n) is 0. The maximum atomic E-state index is 2.00. The first kappa shape index (κ1) is 34.6. The molecule has 0 aromatic carbocycles. The largest absolute Gasteiger partial charge is 0.0776 e. The summed E-state index contributed by atoms with van der Waals surface area (Å²) in [6.45, 7) is 12.0. The Morgan fingerprint density at radius 3 is 0.500 bits per heavy atom. The Morgan fingerprint density at radius 1 is 0.500 bits per heavy atom. The molecule has 58 valence electrons. The summed E-state index contributed by atoms with van der Waals surface area (Å²) in [5, 5.41) is 0. The SMILES string of the molecule is C.CC.CC.CC.[Gd]. The maximum absolute atomic E-state index is 2.00. The minimum atomic E-state index is 0. The molecule has 0 N–H and O–H groups in total. The van der Waals surface area contributed by atoms with E-state index in [2.05, 4.69) is 0 Å². The van der Waals surface area contributed by atoms with Crippen molar-refractivity contribution in [3.05, 3.63) is 0 Å². The van der Waals surface area contributed by atoms with Crippen LogP contribution in [0.1, 0.15) is 49.0 Å². The first-order valence-corrected chi connectivity index (χ1v) is 3.00. The molecular formula is C7H22Gd. The van der Waals surface area contributed by atoms with Crippen LogP contribution in [0.5, 0.6) is 0 Å². The Kier molecular flexibility index (Phi) is 1100. The molecular weight excluding hydrogens is 241 g/mol. The molecule has 0 aromatic rings. The molecule has 0 heterocycles. The Morgan fingerprint density at radius 2 is 0.500 bits per heavy atom. The van der Waals surface area contributed by atoms with Gasteiger partial charge in [0.1, 0.15) is 0 Å². The minimum absolute atomic E-state index is 0. The predicted octanol–water partition coefficient (Wildman–Crippen LogP) is 3.71. The van der Waals surface area contributed by atoms with Crippen LogP contribution < -0.4 is 0 Å². The van der Waals surface area contributed by atoms with Crippen LogP contribution in [0.3, 0.4) is 0 Å². The van der Waals surface area contributed by atoms with E-state index in [4.69, 9.17) is 0 Å². The molecule has 8 heavy (non-hydrogen) atoms. The summed E-state index contributed by atoms with van der Waals surface area (Å²) in [6, 6.07) is 0. The molecule has 0 rings (SSSR count). The van der Waals surface area contributed by atoms with Crippen LogP contribution in [-0.4, -0.2) is 0 Å². The van der Waals surface area contributed by atoms with Crippen molar-refractivity contribution < 1.29 is 39.9 Å². The van der Waals surface area contributed by atoms with Gasteiger partial charge in [0.15, 0.2) is 0 Å². The van der Waals surface area contributed by atoms with Gasteiger partial charge in [0.2, 0.25) is 0 Å². The Bertz CT molecular complexity index is 4.35. The summed E-state index contributed by atoms with van der Waals surface area (Å²) >= 11 is 0. The molecule has 0 atom stereocenters. The fourth-order valence-corrected chi connectivity index (χ4v) is 0. The van der Waals surface area contributed by atoms with Gasteiger partial charge >= 0.3 is 0 Å². The van der Waals surface area contributed by atoms with Gasteiger partial charge in [-0.15, -0.1) is 0 Å². The summed E-state index contributed by atoms with van der Waals surface area (Å²) < 4.78 is 0.